The highest BCUT2D eigenvalue weighted by atomic mass is 79.9. The van der Waals surface area contributed by atoms with Gasteiger partial charge in [0.05, 0.1) is 17.2 Å². The molecule has 0 aliphatic rings. The summed E-state index contributed by atoms with van der Waals surface area (Å²) in [6.45, 7) is 3.87. The Morgan fingerprint density at radius 1 is 0.889 bits per heavy atom. The van der Waals surface area contributed by atoms with Gasteiger partial charge in [-0.25, -0.2) is 8.42 Å². The van der Waals surface area contributed by atoms with Crippen LogP contribution in [-0.2, 0) is 32.6 Å². The minimum atomic E-state index is -4.22. The molecule has 0 aliphatic carbocycles. The lowest BCUT2D eigenvalue weighted by Crippen LogP contribution is -2.53. The number of benzene rings is 4. The Morgan fingerprint density at radius 2 is 1.53 bits per heavy atom. The van der Waals surface area contributed by atoms with Crippen LogP contribution in [0.15, 0.2) is 112 Å². The van der Waals surface area contributed by atoms with Crippen molar-refractivity contribution in [3.05, 3.63) is 124 Å². The average molecular weight is 713 g/mol. The lowest BCUT2D eigenvalue weighted by molar-refractivity contribution is -0.140. The van der Waals surface area contributed by atoms with E-state index in [1.165, 1.54) is 17.0 Å². The van der Waals surface area contributed by atoms with E-state index < -0.39 is 28.5 Å². The van der Waals surface area contributed by atoms with Gasteiger partial charge >= 0.3 is 0 Å². The third-order valence-electron chi connectivity index (χ3n) is 7.04. The molecule has 236 valence electrons. The van der Waals surface area contributed by atoms with Crippen molar-refractivity contribution < 1.29 is 22.7 Å². The molecule has 0 heterocycles. The Morgan fingerprint density at radius 3 is 2.16 bits per heavy atom. The lowest BCUT2D eigenvalue weighted by Gasteiger charge is -2.34. The van der Waals surface area contributed by atoms with E-state index in [0.29, 0.717) is 34.0 Å². The maximum atomic E-state index is 14.4. The first kappa shape index (κ1) is 34.0. The number of carbonyl (C=O) groups excluding carboxylic acids is 2. The van der Waals surface area contributed by atoms with Crippen LogP contribution in [0.25, 0.3) is 0 Å². The molecule has 4 aromatic rings. The third-order valence-corrected chi connectivity index (χ3v) is 9.72. The molecule has 8 nitrogen and oxygen atoms in total. The van der Waals surface area contributed by atoms with Crippen LogP contribution in [0.1, 0.15) is 25.0 Å². The van der Waals surface area contributed by atoms with Gasteiger partial charge in [-0.05, 0) is 79.6 Å². The molecule has 0 saturated heterocycles. The number of carbonyl (C=O) groups is 2. The quantitative estimate of drug-likeness (QED) is 0.162. The van der Waals surface area contributed by atoms with Crippen molar-refractivity contribution in [3.8, 4) is 5.75 Å². The van der Waals surface area contributed by atoms with Crippen molar-refractivity contribution in [1.29, 1.82) is 0 Å². The molecular formula is C34H35BrClN3O5S. The van der Waals surface area contributed by atoms with Crippen molar-refractivity contribution in [3.63, 3.8) is 0 Å². The maximum Gasteiger partial charge on any atom is 0.264 e. The van der Waals surface area contributed by atoms with Crippen LogP contribution in [0.5, 0.6) is 5.75 Å². The molecule has 2 amide bonds. The Hall–Kier alpha value is -3.86. The van der Waals surface area contributed by atoms with Crippen molar-refractivity contribution in [1.82, 2.24) is 10.2 Å². The van der Waals surface area contributed by atoms with E-state index >= 15 is 0 Å². The number of halogens is 2. The van der Waals surface area contributed by atoms with Gasteiger partial charge in [-0.3, -0.25) is 13.9 Å². The van der Waals surface area contributed by atoms with E-state index in [1.54, 1.807) is 67.6 Å². The number of sulfonamides is 1. The highest BCUT2D eigenvalue weighted by Gasteiger charge is 2.34. The number of hydrogen-bond acceptors (Lipinski definition) is 5. The lowest BCUT2D eigenvalue weighted by atomic mass is 10.0. The number of hydrogen-bond donors (Lipinski definition) is 1. The predicted octanol–water partition coefficient (Wildman–Crippen LogP) is 6.47. The zero-order chi connectivity index (χ0) is 32.4. The number of nitrogens with one attached hydrogen (secondary N) is 1. The van der Waals surface area contributed by atoms with E-state index in [2.05, 4.69) is 21.2 Å². The molecule has 1 atom stereocenters. The van der Waals surface area contributed by atoms with Gasteiger partial charge < -0.3 is 15.0 Å². The van der Waals surface area contributed by atoms with Crippen LogP contribution in [0.3, 0.4) is 0 Å². The summed E-state index contributed by atoms with van der Waals surface area (Å²) in [6, 6.07) is 28.2. The highest BCUT2D eigenvalue weighted by molar-refractivity contribution is 9.10. The SMILES string of the molecule is CCNC(=O)[C@H](Cc1ccccc1)N(Cc1ccccc1Cl)C(=O)CN(c1ccc(OCC)cc1)S(=O)(=O)c1ccc(Br)cc1. The third kappa shape index (κ3) is 8.87. The Bertz CT molecular complexity index is 1690. The summed E-state index contributed by atoms with van der Waals surface area (Å²) >= 11 is 9.88. The van der Waals surface area contributed by atoms with Gasteiger partial charge in [0.1, 0.15) is 18.3 Å². The first-order valence-electron chi connectivity index (χ1n) is 14.5. The molecule has 1 N–H and O–H groups in total. The monoisotopic (exact) mass is 711 g/mol. The summed E-state index contributed by atoms with van der Waals surface area (Å²) in [4.78, 5) is 29.5. The van der Waals surface area contributed by atoms with Gasteiger partial charge in [0, 0.05) is 29.0 Å². The summed E-state index contributed by atoms with van der Waals surface area (Å²) in [7, 11) is -4.22. The van der Waals surface area contributed by atoms with Gasteiger partial charge in [0.2, 0.25) is 11.8 Å². The Kier molecular flexibility index (Phi) is 12.0. The van der Waals surface area contributed by atoms with Gasteiger partial charge in [-0.2, -0.15) is 0 Å². The normalized spacial score (nSPS) is 11.8. The molecule has 0 fully saturated rings. The Balaban J connectivity index is 1.80. The fraction of sp³-hybridized carbons (Fsp3) is 0.235. The summed E-state index contributed by atoms with van der Waals surface area (Å²) in [5, 5.41) is 3.28. The zero-order valence-corrected chi connectivity index (χ0v) is 28.2. The summed E-state index contributed by atoms with van der Waals surface area (Å²) in [6.07, 6.45) is 0.214. The minimum Gasteiger partial charge on any atom is -0.494 e. The van der Waals surface area contributed by atoms with E-state index in [9.17, 15) is 18.0 Å². The Labute approximate surface area is 278 Å². The van der Waals surface area contributed by atoms with E-state index in [4.69, 9.17) is 16.3 Å². The number of nitrogens with zero attached hydrogens (tertiary/aromatic N) is 2. The second-order valence-electron chi connectivity index (χ2n) is 10.1. The van der Waals surface area contributed by atoms with Crippen molar-refractivity contribution >= 4 is 55.1 Å². The summed E-state index contributed by atoms with van der Waals surface area (Å²) < 4.78 is 35.6. The largest absolute Gasteiger partial charge is 0.494 e. The molecule has 0 radical (unpaired) electrons. The highest BCUT2D eigenvalue weighted by Crippen LogP contribution is 2.28. The van der Waals surface area contributed by atoms with Crippen LogP contribution in [-0.4, -0.2) is 50.9 Å². The summed E-state index contributed by atoms with van der Waals surface area (Å²) in [5.74, 6) is -0.366. The number of likely N-dealkylation sites (N-methyl/N-ethyl adjacent to an activating group) is 1. The molecule has 0 saturated carbocycles. The van der Waals surface area contributed by atoms with Gasteiger partial charge in [-0.15, -0.1) is 0 Å². The first-order valence-corrected chi connectivity index (χ1v) is 17.1. The first-order chi connectivity index (χ1) is 21.6. The molecule has 4 rings (SSSR count). The molecule has 4 aromatic carbocycles. The minimum absolute atomic E-state index is 0.00889. The molecule has 0 aromatic heterocycles. The summed E-state index contributed by atoms with van der Waals surface area (Å²) in [5.41, 5.74) is 1.74. The van der Waals surface area contributed by atoms with Crippen molar-refractivity contribution in [2.45, 2.75) is 37.8 Å². The van der Waals surface area contributed by atoms with Gasteiger partial charge in [-0.1, -0.05) is 76.1 Å². The van der Waals surface area contributed by atoms with Crippen LogP contribution in [0.4, 0.5) is 5.69 Å². The number of amides is 2. The fourth-order valence-corrected chi connectivity index (χ4v) is 6.67. The second kappa shape index (κ2) is 15.9. The van der Waals surface area contributed by atoms with Crippen molar-refractivity contribution in [2.24, 2.45) is 0 Å². The standard InChI is InChI=1S/C34H35BrClN3O5S/c1-3-37-34(41)32(22-25-10-6-5-7-11-25)38(23-26-12-8-9-13-31(26)36)33(40)24-39(28-16-18-29(19-17-28)44-4-2)45(42,43)30-20-14-27(35)15-21-30/h5-21,32H,3-4,22-24H2,1-2H3,(H,37,41)/t32-/m0/s1. The average Bonchev–Trinajstić information content (AvgIpc) is 3.03. The molecule has 0 unspecified atom stereocenters. The van der Waals surface area contributed by atoms with Crippen LogP contribution < -0.4 is 14.4 Å². The zero-order valence-electron chi connectivity index (χ0n) is 25.0. The molecule has 0 aliphatic heterocycles. The van der Waals surface area contributed by atoms with E-state index in [-0.39, 0.29) is 29.5 Å². The van der Waals surface area contributed by atoms with Crippen LogP contribution in [0, 0.1) is 0 Å². The van der Waals surface area contributed by atoms with E-state index in [1.807, 2.05) is 37.3 Å². The van der Waals surface area contributed by atoms with Crippen molar-refractivity contribution in [2.75, 3.05) is 24.0 Å². The smallest absolute Gasteiger partial charge is 0.264 e. The van der Waals surface area contributed by atoms with E-state index in [0.717, 1.165) is 9.87 Å². The topological polar surface area (TPSA) is 96.0 Å². The number of anilines is 1. The molecule has 11 heteroatoms. The maximum absolute atomic E-state index is 14.4. The molecule has 0 bridgehead atoms. The number of ether oxygens (including phenoxy) is 1. The van der Waals surface area contributed by atoms with Gasteiger partial charge in [0.25, 0.3) is 10.0 Å². The van der Waals surface area contributed by atoms with Crippen LogP contribution >= 0.6 is 27.5 Å². The van der Waals surface area contributed by atoms with Gasteiger partial charge in [0.15, 0.2) is 0 Å². The predicted molar refractivity (Wildman–Crippen MR) is 181 cm³/mol. The molecule has 0 spiro atoms. The molecule has 45 heavy (non-hydrogen) atoms. The second-order valence-corrected chi connectivity index (χ2v) is 13.3. The number of rotatable bonds is 14. The molecular weight excluding hydrogens is 678 g/mol. The fourth-order valence-electron chi connectivity index (χ4n) is 4.79. The van der Waals surface area contributed by atoms with Crippen LogP contribution in [0.2, 0.25) is 5.02 Å².